The van der Waals surface area contributed by atoms with E-state index in [1.807, 2.05) is 18.5 Å². The van der Waals surface area contributed by atoms with Crippen LogP contribution in [0.1, 0.15) is 37.7 Å². The maximum Gasteiger partial charge on any atom is 0.117 e. The van der Waals surface area contributed by atoms with Gasteiger partial charge in [-0.1, -0.05) is 25.3 Å². The van der Waals surface area contributed by atoms with Crippen LogP contribution in [0.2, 0.25) is 0 Å². The lowest BCUT2D eigenvalue weighted by atomic mass is 9.79. The van der Waals surface area contributed by atoms with E-state index in [0.29, 0.717) is 0 Å². The summed E-state index contributed by atoms with van der Waals surface area (Å²) in [5, 5.41) is 7.26. The van der Waals surface area contributed by atoms with Gasteiger partial charge in [-0.3, -0.25) is 9.98 Å². The second-order valence-corrected chi connectivity index (χ2v) is 5.51. The first kappa shape index (κ1) is 12.6. The predicted molar refractivity (Wildman–Crippen MR) is 77.2 cm³/mol. The minimum atomic E-state index is 0.124. The Morgan fingerprint density at radius 1 is 1.26 bits per heavy atom. The summed E-state index contributed by atoms with van der Waals surface area (Å²) in [6, 6.07) is 4.08. The molecule has 0 unspecified atom stereocenters. The van der Waals surface area contributed by atoms with Crippen molar-refractivity contribution in [3.05, 3.63) is 30.1 Å². The van der Waals surface area contributed by atoms with Gasteiger partial charge >= 0.3 is 0 Å². The standard InChI is InChI=1S/C15H22N4/c1-2-6-15(7-3-1)14(17-9-10-19-15)18-12-13-5-4-8-16-11-13/h4-5,8,11,19H,1-3,6-7,9-10,12H2,(H,17,18). The number of aromatic nitrogens is 1. The lowest BCUT2D eigenvalue weighted by Gasteiger charge is -2.41. The fraction of sp³-hybridized carbons (Fsp3) is 0.600. The third-order valence-electron chi connectivity index (χ3n) is 4.19. The molecular formula is C15H22N4. The molecule has 1 saturated carbocycles. The average molecular weight is 258 g/mol. The molecule has 4 heteroatoms. The van der Waals surface area contributed by atoms with Crippen LogP contribution in [0.3, 0.4) is 0 Å². The van der Waals surface area contributed by atoms with Gasteiger partial charge in [-0.2, -0.15) is 0 Å². The molecule has 1 aromatic rings. The van der Waals surface area contributed by atoms with Crippen molar-refractivity contribution >= 4 is 5.84 Å². The van der Waals surface area contributed by atoms with Gasteiger partial charge in [-0.25, -0.2) is 0 Å². The molecule has 19 heavy (non-hydrogen) atoms. The zero-order chi connectivity index (χ0) is 13.0. The van der Waals surface area contributed by atoms with Crippen molar-refractivity contribution in [1.82, 2.24) is 15.6 Å². The molecule has 0 atom stereocenters. The summed E-state index contributed by atoms with van der Waals surface area (Å²) in [6.07, 6.45) is 10.1. The summed E-state index contributed by atoms with van der Waals surface area (Å²) in [4.78, 5) is 8.90. The maximum atomic E-state index is 4.74. The molecule has 0 bridgehead atoms. The Labute approximate surface area is 114 Å². The highest BCUT2D eigenvalue weighted by molar-refractivity contribution is 5.92. The summed E-state index contributed by atoms with van der Waals surface area (Å²) in [5.74, 6) is 1.17. The number of rotatable bonds is 2. The highest BCUT2D eigenvalue weighted by atomic mass is 15.1. The van der Waals surface area contributed by atoms with Gasteiger partial charge in [0.25, 0.3) is 0 Å². The molecule has 1 spiro atoms. The monoisotopic (exact) mass is 258 g/mol. The lowest BCUT2D eigenvalue weighted by molar-refractivity contribution is 0.298. The van der Waals surface area contributed by atoms with Gasteiger partial charge in [0.05, 0.1) is 12.1 Å². The SMILES string of the molecule is c1cncc(CNC2=NCCNC23CCCCC3)c1. The van der Waals surface area contributed by atoms with Crippen LogP contribution in [0.15, 0.2) is 29.5 Å². The van der Waals surface area contributed by atoms with E-state index in [1.54, 1.807) is 0 Å². The summed E-state index contributed by atoms with van der Waals surface area (Å²) in [6.45, 7) is 2.71. The Morgan fingerprint density at radius 2 is 2.16 bits per heavy atom. The molecule has 2 aliphatic rings. The minimum absolute atomic E-state index is 0.124. The Kier molecular flexibility index (Phi) is 3.78. The summed E-state index contributed by atoms with van der Waals surface area (Å²) in [7, 11) is 0. The molecule has 1 aromatic heterocycles. The minimum Gasteiger partial charge on any atom is -0.368 e. The van der Waals surface area contributed by atoms with Crippen molar-refractivity contribution in [2.45, 2.75) is 44.2 Å². The van der Waals surface area contributed by atoms with Crippen LogP contribution in [0.4, 0.5) is 0 Å². The molecule has 0 saturated heterocycles. The molecule has 1 aliphatic heterocycles. The van der Waals surface area contributed by atoms with Crippen molar-refractivity contribution in [3.63, 3.8) is 0 Å². The fourth-order valence-corrected chi connectivity index (χ4v) is 3.18. The molecule has 0 aromatic carbocycles. The Hall–Kier alpha value is -1.42. The first-order valence-electron chi connectivity index (χ1n) is 7.32. The number of hydrogen-bond acceptors (Lipinski definition) is 4. The van der Waals surface area contributed by atoms with E-state index in [0.717, 1.165) is 19.6 Å². The largest absolute Gasteiger partial charge is 0.368 e. The number of pyridine rings is 1. The average Bonchev–Trinajstić information content (AvgIpc) is 2.48. The normalized spacial score (nSPS) is 22.0. The molecule has 0 radical (unpaired) electrons. The zero-order valence-electron chi connectivity index (χ0n) is 11.4. The van der Waals surface area contributed by atoms with Crippen molar-refractivity contribution in [2.24, 2.45) is 4.99 Å². The molecule has 1 aliphatic carbocycles. The van der Waals surface area contributed by atoms with Gasteiger partial charge in [-0.15, -0.1) is 0 Å². The Morgan fingerprint density at radius 3 is 2.95 bits per heavy atom. The van der Waals surface area contributed by atoms with Gasteiger partial charge in [-0.05, 0) is 24.5 Å². The van der Waals surface area contributed by atoms with Gasteiger partial charge in [0, 0.05) is 25.5 Å². The molecule has 2 heterocycles. The molecule has 4 nitrogen and oxygen atoms in total. The third kappa shape index (κ3) is 2.78. The van der Waals surface area contributed by atoms with Crippen LogP contribution in [0.25, 0.3) is 0 Å². The molecule has 0 amide bonds. The molecule has 2 N–H and O–H groups in total. The lowest BCUT2D eigenvalue weighted by Crippen LogP contribution is -2.60. The van der Waals surface area contributed by atoms with Crippen molar-refractivity contribution in [1.29, 1.82) is 0 Å². The smallest absolute Gasteiger partial charge is 0.117 e. The number of aliphatic imine (C=N–C) groups is 1. The number of nitrogens with zero attached hydrogens (tertiary/aromatic N) is 2. The number of amidine groups is 1. The molecule has 102 valence electrons. The second kappa shape index (κ2) is 5.70. The van der Waals surface area contributed by atoms with Crippen LogP contribution in [0.5, 0.6) is 0 Å². The van der Waals surface area contributed by atoms with Crippen LogP contribution in [0, 0.1) is 0 Å². The fourth-order valence-electron chi connectivity index (χ4n) is 3.18. The summed E-state index contributed by atoms with van der Waals surface area (Å²) in [5.41, 5.74) is 1.33. The summed E-state index contributed by atoms with van der Waals surface area (Å²) < 4.78 is 0. The Balaban J connectivity index is 1.69. The number of hydrogen-bond donors (Lipinski definition) is 2. The van der Waals surface area contributed by atoms with Crippen molar-refractivity contribution in [2.75, 3.05) is 13.1 Å². The topological polar surface area (TPSA) is 49.3 Å². The molecule has 3 rings (SSSR count). The van der Waals surface area contributed by atoms with E-state index in [9.17, 15) is 0 Å². The highest BCUT2D eigenvalue weighted by Crippen LogP contribution is 2.30. The quantitative estimate of drug-likeness (QED) is 0.851. The van der Waals surface area contributed by atoms with E-state index in [4.69, 9.17) is 4.99 Å². The van der Waals surface area contributed by atoms with Crippen LogP contribution in [-0.4, -0.2) is 29.4 Å². The second-order valence-electron chi connectivity index (χ2n) is 5.51. The van der Waals surface area contributed by atoms with Crippen LogP contribution >= 0.6 is 0 Å². The van der Waals surface area contributed by atoms with E-state index in [-0.39, 0.29) is 5.54 Å². The Bertz CT molecular complexity index is 435. The van der Waals surface area contributed by atoms with E-state index < -0.39 is 0 Å². The van der Waals surface area contributed by atoms with E-state index in [1.165, 1.54) is 43.5 Å². The van der Waals surface area contributed by atoms with Crippen molar-refractivity contribution < 1.29 is 0 Å². The molecular weight excluding hydrogens is 236 g/mol. The van der Waals surface area contributed by atoms with Gasteiger partial charge in [0.15, 0.2) is 0 Å². The maximum absolute atomic E-state index is 4.74. The van der Waals surface area contributed by atoms with Gasteiger partial charge in [0.1, 0.15) is 5.84 Å². The van der Waals surface area contributed by atoms with Crippen LogP contribution < -0.4 is 10.6 Å². The van der Waals surface area contributed by atoms with Gasteiger partial charge in [0.2, 0.25) is 0 Å². The predicted octanol–water partition coefficient (Wildman–Crippen LogP) is 1.88. The number of nitrogens with one attached hydrogen (secondary N) is 2. The molecule has 1 fully saturated rings. The van der Waals surface area contributed by atoms with Crippen LogP contribution in [-0.2, 0) is 6.54 Å². The van der Waals surface area contributed by atoms with Gasteiger partial charge < -0.3 is 10.6 Å². The third-order valence-corrected chi connectivity index (χ3v) is 4.19. The van der Waals surface area contributed by atoms with E-state index in [2.05, 4.69) is 21.7 Å². The summed E-state index contributed by atoms with van der Waals surface area (Å²) >= 11 is 0. The van der Waals surface area contributed by atoms with Crippen molar-refractivity contribution in [3.8, 4) is 0 Å². The first-order chi connectivity index (χ1) is 9.39. The zero-order valence-corrected chi connectivity index (χ0v) is 11.4. The van der Waals surface area contributed by atoms with E-state index >= 15 is 0 Å². The highest BCUT2D eigenvalue weighted by Gasteiger charge is 2.38. The first-order valence-corrected chi connectivity index (χ1v) is 7.32.